The van der Waals surface area contributed by atoms with E-state index in [9.17, 15) is 29.4 Å². The number of aliphatic hydroxyl groups is 2. The molecule has 6 atom stereocenters. The lowest BCUT2D eigenvalue weighted by Crippen LogP contribution is -2.39. The monoisotopic (exact) mass is 616 g/mol. The molecule has 0 saturated carbocycles. The molecule has 2 bridgehead atoms. The third kappa shape index (κ3) is 9.71. The molecule has 12 heteroatoms. The van der Waals surface area contributed by atoms with Crippen LogP contribution in [0.15, 0.2) is 58.0 Å². The van der Waals surface area contributed by atoms with E-state index in [1.165, 1.54) is 32.3 Å². The van der Waals surface area contributed by atoms with Crippen molar-refractivity contribution in [2.75, 3.05) is 34.3 Å². The van der Waals surface area contributed by atoms with Crippen LogP contribution in [0.4, 0.5) is 4.79 Å². The molecule has 244 valence electrons. The van der Waals surface area contributed by atoms with E-state index in [0.717, 1.165) is 6.08 Å². The van der Waals surface area contributed by atoms with Gasteiger partial charge in [0.05, 0.1) is 23.6 Å². The minimum atomic E-state index is -1.33. The quantitative estimate of drug-likeness (QED) is 0.218. The predicted molar refractivity (Wildman–Crippen MR) is 166 cm³/mol. The van der Waals surface area contributed by atoms with E-state index >= 15 is 0 Å². The maximum Gasteiger partial charge on any atom is 0.405 e. The van der Waals surface area contributed by atoms with Crippen molar-refractivity contribution in [1.82, 2.24) is 15.5 Å². The zero-order valence-corrected chi connectivity index (χ0v) is 27.0. The highest BCUT2D eigenvalue weighted by Gasteiger charge is 2.34. The van der Waals surface area contributed by atoms with Gasteiger partial charge in [0, 0.05) is 43.3 Å². The number of hydrogen-bond donors (Lipinski definition) is 5. The molecule has 0 aromatic heterocycles. The van der Waals surface area contributed by atoms with Crippen LogP contribution in [-0.4, -0.2) is 97.4 Å². The number of carbonyl (C=O) groups excluding carboxylic acids is 4. The number of nitrogens with zero attached hydrogens (tertiary/aromatic N) is 1. The Labute approximate surface area is 259 Å². The highest BCUT2D eigenvalue weighted by molar-refractivity contribution is 6.23. The van der Waals surface area contributed by atoms with Crippen LogP contribution in [0.2, 0.25) is 0 Å². The first-order valence-corrected chi connectivity index (χ1v) is 14.7. The van der Waals surface area contributed by atoms with E-state index in [4.69, 9.17) is 15.2 Å². The van der Waals surface area contributed by atoms with E-state index < -0.39 is 53.9 Å². The molecule has 0 saturated heterocycles. The average molecular weight is 617 g/mol. The predicted octanol–water partition coefficient (Wildman–Crippen LogP) is 1.65. The van der Waals surface area contributed by atoms with E-state index in [2.05, 4.69) is 10.6 Å². The minimum Gasteiger partial charge on any atom is -0.439 e. The summed E-state index contributed by atoms with van der Waals surface area (Å²) in [6.45, 7) is 9.70. The summed E-state index contributed by atoms with van der Waals surface area (Å²) >= 11 is 0. The number of nitrogens with two attached hydrogens (primary N) is 1. The molecule has 2 aliphatic rings. The number of allylic oxidation sites excluding steroid dienone is 4. The van der Waals surface area contributed by atoms with Crippen molar-refractivity contribution < 1.29 is 38.9 Å². The Morgan fingerprint density at radius 3 is 2.39 bits per heavy atom. The van der Waals surface area contributed by atoms with Crippen molar-refractivity contribution in [2.45, 2.75) is 71.9 Å². The smallest absolute Gasteiger partial charge is 0.405 e. The molecular formula is C32H48N4O8. The minimum absolute atomic E-state index is 0.141. The first-order valence-electron chi connectivity index (χ1n) is 14.7. The zero-order valence-electron chi connectivity index (χ0n) is 27.0. The van der Waals surface area contributed by atoms with Gasteiger partial charge in [0.25, 0.3) is 5.91 Å². The summed E-state index contributed by atoms with van der Waals surface area (Å²) in [7, 11) is 5.28. The van der Waals surface area contributed by atoms with Gasteiger partial charge in [-0.1, -0.05) is 37.6 Å². The Morgan fingerprint density at radius 1 is 1.14 bits per heavy atom. The molecule has 44 heavy (non-hydrogen) atoms. The number of Topliss-reactive ketones (excluding diaryl/α,β-unsaturated/α-hetero) is 1. The lowest BCUT2D eigenvalue weighted by atomic mass is 9.83. The first-order chi connectivity index (χ1) is 20.6. The summed E-state index contributed by atoms with van der Waals surface area (Å²) in [6.07, 6.45) is 0.572. The number of likely N-dealkylation sites (N-methyl/N-ethyl adjacent to an activating group) is 1. The number of hydrogen-bond acceptors (Lipinski definition) is 10. The standard InChI is InChI=1S/C32H48N4O8/c1-17-14-22-27(34-12-13-36(6)7)25(38)16-23(29(22)40)35-31(41)18(2)10-9-11-24(37)30(44-32(33)42)21(5)19(3)20(4)28(39)26(15-17)43-8/h9-11,16-17,20,24,26,28,30,34,37,39H,12-15H2,1-8H3,(H2,33,42)(H,35,41)/b11-9-,18-10+,21-19+/t17-,20+,24?,26+,28-,30+/m1/s1. The molecule has 6 N–H and O–H groups in total. The van der Waals surface area contributed by atoms with E-state index in [1.807, 2.05) is 25.9 Å². The fourth-order valence-corrected chi connectivity index (χ4v) is 5.20. The second-order valence-electron chi connectivity index (χ2n) is 11.8. The third-order valence-electron chi connectivity index (χ3n) is 8.13. The third-order valence-corrected chi connectivity index (χ3v) is 8.13. The maximum absolute atomic E-state index is 13.7. The van der Waals surface area contributed by atoms with Crippen LogP contribution in [0.25, 0.3) is 0 Å². The van der Waals surface area contributed by atoms with Crippen molar-refractivity contribution in [3.05, 3.63) is 58.0 Å². The zero-order chi connectivity index (χ0) is 33.3. The number of nitrogens with one attached hydrogen (secondary N) is 2. The normalized spacial score (nSPS) is 31.7. The number of amides is 2. The summed E-state index contributed by atoms with van der Waals surface area (Å²) < 4.78 is 10.9. The van der Waals surface area contributed by atoms with Crippen LogP contribution in [-0.2, 0) is 23.9 Å². The van der Waals surface area contributed by atoms with Crippen LogP contribution in [0, 0.1) is 11.8 Å². The first kappa shape index (κ1) is 36.6. The summed E-state index contributed by atoms with van der Waals surface area (Å²) in [5.41, 5.74) is 6.94. The van der Waals surface area contributed by atoms with Crippen LogP contribution < -0.4 is 16.4 Å². The Kier molecular flexibility index (Phi) is 13.7. The van der Waals surface area contributed by atoms with Gasteiger partial charge >= 0.3 is 6.09 Å². The molecular weight excluding hydrogens is 568 g/mol. The van der Waals surface area contributed by atoms with Gasteiger partial charge in [-0.3, -0.25) is 14.4 Å². The van der Waals surface area contributed by atoms with Crippen molar-refractivity contribution in [1.29, 1.82) is 0 Å². The van der Waals surface area contributed by atoms with Gasteiger partial charge in [-0.05, 0) is 59.2 Å². The molecule has 0 aromatic carbocycles. The maximum atomic E-state index is 13.7. The number of methoxy groups -OCH3 is 1. The second kappa shape index (κ2) is 16.5. The summed E-state index contributed by atoms with van der Waals surface area (Å²) in [5, 5.41) is 27.9. The van der Waals surface area contributed by atoms with Gasteiger partial charge in [0.15, 0.2) is 6.10 Å². The number of primary amides is 1. The number of ether oxygens (including phenoxy) is 2. The SMILES string of the molecule is CO[C@H]1C[C@H](C)CC2=C(NCCN(C)C)C(=O)C=C(NC(=O)/C(C)=C/C=C\C(O)[C@@H](OC(N)=O)/C(C)=C(\C)[C@H](C)[C@H]1O)C2=O. The number of carbonyl (C=O) groups is 4. The molecule has 1 unspecified atom stereocenters. The molecule has 0 aromatic rings. The lowest BCUT2D eigenvalue weighted by Gasteiger charge is -2.32. The fourth-order valence-electron chi connectivity index (χ4n) is 5.20. The molecule has 2 rings (SSSR count). The fraction of sp³-hybridized carbons (Fsp3) is 0.562. The number of ketones is 2. The largest absolute Gasteiger partial charge is 0.439 e. The van der Waals surface area contributed by atoms with Crippen LogP contribution in [0.1, 0.15) is 47.5 Å². The van der Waals surface area contributed by atoms with Crippen molar-refractivity contribution in [2.24, 2.45) is 17.6 Å². The highest BCUT2D eigenvalue weighted by atomic mass is 16.6. The number of fused-ring (bicyclic) bond motifs is 2. The summed E-state index contributed by atoms with van der Waals surface area (Å²) in [5.74, 6) is -2.22. The van der Waals surface area contributed by atoms with Crippen LogP contribution >= 0.6 is 0 Å². The molecule has 1 heterocycles. The molecule has 1 aliphatic carbocycles. The Bertz CT molecular complexity index is 1260. The lowest BCUT2D eigenvalue weighted by molar-refractivity contribution is -0.120. The Balaban J connectivity index is 2.62. The van der Waals surface area contributed by atoms with Gasteiger partial charge in [-0.25, -0.2) is 4.79 Å². The van der Waals surface area contributed by atoms with Gasteiger partial charge in [0.1, 0.15) is 6.10 Å². The molecule has 0 fully saturated rings. The average Bonchev–Trinajstić information content (AvgIpc) is 2.95. The molecule has 12 nitrogen and oxygen atoms in total. The van der Waals surface area contributed by atoms with E-state index in [1.54, 1.807) is 20.8 Å². The van der Waals surface area contributed by atoms with Gasteiger partial charge in [0.2, 0.25) is 11.6 Å². The molecule has 0 spiro atoms. The van der Waals surface area contributed by atoms with Crippen LogP contribution in [0.5, 0.6) is 0 Å². The van der Waals surface area contributed by atoms with Gasteiger partial charge < -0.3 is 41.0 Å². The Morgan fingerprint density at radius 2 is 1.80 bits per heavy atom. The number of aliphatic hydroxyl groups excluding tert-OH is 2. The second-order valence-corrected chi connectivity index (χ2v) is 11.8. The topological polar surface area (TPSA) is 181 Å². The van der Waals surface area contributed by atoms with Crippen molar-refractivity contribution in [3.8, 4) is 0 Å². The summed E-state index contributed by atoms with van der Waals surface area (Å²) in [6, 6.07) is 0. The highest BCUT2D eigenvalue weighted by Crippen LogP contribution is 2.30. The molecule has 0 radical (unpaired) electrons. The van der Waals surface area contributed by atoms with Crippen molar-refractivity contribution >= 4 is 23.6 Å². The van der Waals surface area contributed by atoms with Gasteiger partial charge in [-0.15, -0.1) is 0 Å². The van der Waals surface area contributed by atoms with Crippen LogP contribution in [0.3, 0.4) is 0 Å². The Hall–Kier alpha value is -3.58. The summed E-state index contributed by atoms with van der Waals surface area (Å²) in [4.78, 5) is 53.5. The van der Waals surface area contributed by atoms with Gasteiger partial charge in [-0.2, -0.15) is 0 Å². The van der Waals surface area contributed by atoms with E-state index in [0.29, 0.717) is 30.7 Å². The number of rotatable bonds is 6. The van der Waals surface area contributed by atoms with E-state index in [-0.39, 0.29) is 34.9 Å². The molecule has 1 aliphatic heterocycles. The van der Waals surface area contributed by atoms with Crippen molar-refractivity contribution in [3.63, 3.8) is 0 Å². The molecule has 2 amide bonds.